The topological polar surface area (TPSA) is 31.1 Å². The predicted octanol–water partition coefficient (Wildman–Crippen LogP) is 5.08. The first-order valence-corrected chi connectivity index (χ1v) is 8.65. The summed E-state index contributed by atoms with van der Waals surface area (Å²) in [6.07, 6.45) is 2.08. The van der Waals surface area contributed by atoms with Crippen LogP contribution in [0.3, 0.4) is 0 Å². The van der Waals surface area contributed by atoms with Crippen LogP contribution >= 0.6 is 12.2 Å². The fourth-order valence-electron chi connectivity index (χ4n) is 2.83. The van der Waals surface area contributed by atoms with Crippen molar-refractivity contribution in [1.29, 1.82) is 0 Å². The molecule has 3 rings (SSSR count). The average molecular weight is 337 g/mol. The van der Waals surface area contributed by atoms with E-state index in [1.807, 2.05) is 18.2 Å². The van der Waals surface area contributed by atoms with Crippen molar-refractivity contribution in [2.24, 2.45) is 0 Å². The van der Waals surface area contributed by atoms with E-state index in [9.17, 15) is 0 Å². The summed E-state index contributed by atoms with van der Waals surface area (Å²) in [5.74, 6) is 0. The van der Waals surface area contributed by atoms with Crippen molar-refractivity contribution in [3.63, 3.8) is 0 Å². The van der Waals surface area contributed by atoms with Crippen LogP contribution in [0, 0.1) is 6.92 Å². The van der Waals surface area contributed by atoms with Gasteiger partial charge in [-0.1, -0.05) is 36.4 Å². The number of nitrogens with zero attached hydrogens (tertiary/aromatic N) is 1. The Morgan fingerprint density at radius 1 is 1.12 bits per heavy atom. The normalized spacial score (nSPS) is 11.0. The summed E-state index contributed by atoms with van der Waals surface area (Å²) in [6.45, 7) is 7.20. The van der Waals surface area contributed by atoms with Crippen LogP contribution in [0.4, 0.5) is 5.69 Å². The summed E-state index contributed by atoms with van der Waals surface area (Å²) < 4.78 is 0. The van der Waals surface area contributed by atoms with Crippen LogP contribution in [-0.2, 0) is 6.54 Å². The molecule has 0 saturated carbocycles. The number of benzene rings is 2. The van der Waals surface area contributed by atoms with E-state index in [0.717, 1.165) is 22.9 Å². The molecule has 0 atom stereocenters. The van der Waals surface area contributed by atoms with Gasteiger partial charge >= 0.3 is 0 Å². The van der Waals surface area contributed by atoms with Gasteiger partial charge in [-0.05, 0) is 56.2 Å². The van der Waals surface area contributed by atoms with Crippen LogP contribution in [0.2, 0.25) is 0 Å². The number of anilines is 1. The zero-order valence-electron chi connectivity index (χ0n) is 14.3. The average Bonchev–Trinajstić information content (AvgIpc) is 2.97. The number of aromatic amines is 1. The SMILES string of the molecule is Cc1ccccc1NC(=S)N(Cc1c[nH]c2ccccc12)C(C)C. The molecule has 1 heterocycles. The maximum atomic E-state index is 5.69. The number of para-hydroxylation sites is 2. The fraction of sp³-hybridized carbons (Fsp3) is 0.250. The highest BCUT2D eigenvalue weighted by Crippen LogP contribution is 2.21. The molecule has 0 fully saturated rings. The lowest BCUT2D eigenvalue weighted by atomic mass is 10.1. The van der Waals surface area contributed by atoms with Gasteiger partial charge in [-0.25, -0.2) is 0 Å². The van der Waals surface area contributed by atoms with Gasteiger partial charge in [0.25, 0.3) is 0 Å². The van der Waals surface area contributed by atoms with Crippen molar-refractivity contribution in [3.05, 3.63) is 65.9 Å². The second-order valence-electron chi connectivity index (χ2n) is 6.33. The molecule has 0 bridgehead atoms. The van der Waals surface area contributed by atoms with Gasteiger partial charge in [0.1, 0.15) is 0 Å². The highest BCUT2D eigenvalue weighted by molar-refractivity contribution is 7.80. The number of hydrogen-bond acceptors (Lipinski definition) is 1. The number of rotatable bonds is 4. The molecule has 0 amide bonds. The van der Waals surface area contributed by atoms with Crippen LogP contribution in [0.1, 0.15) is 25.0 Å². The van der Waals surface area contributed by atoms with E-state index < -0.39 is 0 Å². The molecule has 1 aromatic heterocycles. The highest BCUT2D eigenvalue weighted by Gasteiger charge is 2.16. The summed E-state index contributed by atoms with van der Waals surface area (Å²) in [7, 11) is 0. The number of H-pyrrole nitrogens is 1. The minimum atomic E-state index is 0.308. The molecule has 0 aliphatic carbocycles. The van der Waals surface area contributed by atoms with E-state index in [1.54, 1.807) is 0 Å². The first-order valence-electron chi connectivity index (χ1n) is 8.24. The number of fused-ring (bicyclic) bond motifs is 1. The lowest BCUT2D eigenvalue weighted by Crippen LogP contribution is -2.39. The Bertz CT molecular complexity index is 851. The summed E-state index contributed by atoms with van der Waals surface area (Å²) in [5, 5.41) is 5.41. The van der Waals surface area contributed by atoms with Crippen LogP contribution in [0.5, 0.6) is 0 Å². The zero-order chi connectivity index (χ0) is 17.1. The third-order valence-electron chi connectivity index (χ3n) is 4.29. The maximum Gasteiger partial charge on any atom is 0.173 e. The Morgan fingerprint density at radius 3 is 2.58 bits per heavy atom. The molecule has 4 heteroatoms. The van der Waals surface area contributed by atoms with Crippen molar-refractivity contribution >= 4 is 33.9 Å². The Labute approximate surface area is 148 Å². The standard InChI is InChI=1S/C20H23N3S/c1-14(2)23(20(24)22-18-10-6-4-8-15(18)3)13-16-12-21-19-11-7-5-9-17(16)19/h4-12,14,21H,13H2,1-3H3,(H,22,24). The van der Waals surface area contributed by atoms with E-state index in [2.05, 4.69) is 72.5 Å². The molecule has 0 radical (unpaired) electrons. The van der Waals surface area contributed by atoms with Gasteiger partial charge in [0.15, 0.2) is 5.11 Å². The molecular weight excluding hydrogens is 314 g/mol. The molecule has 24 heavy (non-hydrogen) atoms. The van der Waals surface area contributed by atoms with Gasteiger partial charge in [-0.2, -0.15) is 0 Å². The molecule has 0 unspecified atom stereocenters. The van der Waals surface area contributed by atoms with Crippen molar-refractivity contribution in [2.75, 3.05) is 5.32 Å². The quantitative estimate of drug-likeness (QED) is 0.651. The Hall–Kier alpha value is -2.33. The van der Waals surface area contributed by atoms with Gasteiger partial charge in [-0.15, -0.1) is 0 Å². The van der Waals surface area contributed by atoms with E-state index in [4.69, 9.17) is 12.2 Å². The Kier molecular flexibility index (Phi) is 4.86. The smallest absolute Gasteiger partial charge is 0.173 e. The Morgan fingerprint density at radius 2 is 1.83 bits per heavy atom. The molecule has 0 aliphatic heterocycles. The van der Waals surface area contributed by atoms with E-state index in [1.165, 1.54) is 16.5 Å². The minimum absolute atomic E-state index is 0.308. The number of aromatic nitrogens is 1. The van der Waals surface area contributed by atoms with Gasteiger partial charge in [0.05, 0.1) is 0 Å². The molecule has 0 aliphatic rings. The number of thiocarbonyl (C=S) groups is 1. The molecule has 3 aromatic rings. The van der Waals surface area contributed by atoms with Crippen LogP contribution in [0.15, 0.2) is 54.7 Å². The summed E-state index contributed by atoms with van der Waals surface area (Å²) in [4.78, 5) is 5.56. The molecule has 0 saturated heterocycles. The van der Waals surface area contributed by atoms with Crippen LogP contribution in [0.25, 0.3) is 10.9 Å². The summed E-state index contributed by atoms with van der Waals surface area (Å²) in [5.41, 5.74) is 4.67. The maximum absolute atomic E-state index is 5.69. The van der Waals surface area contributed by atoms with Gasteiger partial charge in [0.2, 0.25) is 0 Å². The van der Waals surface area contributed by atoms with Crippen molar-refractivity contribution in [1.82, 2.24) is 9.88 Å². The first-order chi connectivity index (χ1) is 11.6. The molecule has 0 spiro atoms. The third kappa shape index (κ3) is 3.44. The fourth-order valence-corrected chi connectivity index (χ4v) is 3.22. The van der Waals surface area contributed by atoms with E-state index in [0.29, 0.717) is 6.04 Å². The second-order valence-corrected chi connectivity index (χ2v) is 6.71. The lowest BCUT2D eigenvalue weighted by molar-refractivity contribution is 0.349. The summed E-state index contributed by atoms with van der Waals surface area (Å²) >= 11 is 5.69. The first kappa shape index (κ1) is 16.5. The highest BCUT2D eigenvalue weighted by atomic mass is 32.1. The Balaban J connectivity index is 1.82. The minimum Gasteiger partial charge on any atom is -0.361 e. The second kappa shape index (κ2) is 7.05. The number of hydrogen-bond donors (Lipinski definition) is 2. The lowest BCUT2D eigenvalue weighted by Gasteiger charge is -2.30. The zero-order valence-corrected chi connectivity index (χ0v) is 15.2. The van der Waals surface area contributed by atoms with E-state index >= 15 is 0 Å². The van der Waals surface area contributed by atoms with Crippen molar-refractivity contribution in [2.45, 2.75) is 33.4 Å². The molecular formula is C20H23N3S. The number of nitrogens with one attached hydrogen (secondary N) is 2. The van der Waals surface area contributed by atoms with Gasteiger partial charge in [-0.3, -0.25) is 0 Å². The largest absolute Gasteiger partial charge is 0.361 e. The van der Waals surface area contributed by atoms with Crippen LogP contribution < -0.4 is 5.32 Å². The van der Waals surface area contributed by atoms with Crippen LogP contribution in [-0.4, -0.2) is 21.0 Å². The van der Waals surface area contributed by atoms with Crippen molar-refractivity contribution in [3.8, 4) is 0 Å². The third-order valence-corrected chi connectivity index (χ3v) is 4.62. The molecule has 2 N–H and O–H groups in total. The summed E-state index contributed by atoms with van der Waals surface area (Å²) in [6, 6.07) is 16.9. The predicted molar refractivity (Wildman–Crippen MR) is 106 cm³/mol. The molecule has 3 nitrogen and oxygen atoms in total. The monoisotopic (exact) mass is 337 g/mol. The molecule has 2 aromatic carbocycles. The van der Waals surface area contributed by atoms with E-state index in [-0.39, 0.29) is 0 Å². The van der Waals surface area contributed by atoms with Gasteiger partial charge in [0, 0.05) is 35.4 Å². The number of aryl methyl sites for hydroxylation is 1. The van der Waals surface area contributed by atoms with Gasteiger partial charge < -0.3 is 15.2 Å². The van der Waals surface area contributed by atoms with Crippen molar-refractivity contribution < 1.29 is 0 Å². The molecule has 124 valence electrons.